The van der Waals surface area contributed by atoms with E-state index in [9.17, 15) is 18.3 Å². The quantitative estimate of drug-likeness (QED) is 0.409. The first-order valence-corrected chi connectivity index (χ1v) is 16.2. The number of sulfonamides is 1. The predicted octanol–water partition coefficient (Wildman–Crippen LogP) is 5.36. The zero-order chi connectivity index (χ0) is 30.0. The van der Waals surface area contributed by atoms with Gasteiger partial charge in [-0.1, -0.05) is 38.1 Å². The van der Waals surface area contributed by atoms with Gasteiger partial charge in [0.1, 0.15) is 6.61 Å². The summed E-state index contributed by atoms with van der Waals surface area (Å²) in [6, 6.07) is 13.5. The lowest BCUT2D eigenvalue weighted by atomic mass is 9.84. The molecule has 2 aliphatic rings. The van der Waals surface area contributed by atoms with Crippen molar-refractivity contribution in [2.45, 2.75) is 76.8 Å². The lowest BCUT2D eigenvalue weighted by Gasteiger charge is -2.42. The number of aromatic nitrogens is 2. The summed E-state index contributed by atoms with van der Waals surface area (Å²) in [4.78, 5) is 25.2. The molecule has 0 unspecified atom stereocenters. The zero-order valence-electron chi connectivity index (χ0n) is 24.7. The maximum Gasteiger partial charge on any atom is 0.264 e. The fourth-order valence-electron chi connectivity index (χ4n) is 6.24. The third kappa shape index (κ3) is 6.44. The summed E-state index contributed by atoms with van der Waals surface area (Å²) in [6.45, 7) is 8.54. The van der Waals surface area contributed by atoms with Gasteiger partial charge in [0.15, 0.2) is 0 Å². The Hall–Kier alpha value is -3.50. The number of amides is 1. The maximum atomic E-state index is 14.2. The van der Waals surface area contributed by atoms with Crippen molar-refractivity contribution in [2.75, 3.05) is 17.9 Å². The van der Waals surface area contributed by atoms with Crippen molar-refractivity contribution in [1.29, 1.82) is 0 Å². The van der Waals surface area contributed by atoms with Crippen LogP contribution in [0, 0.1) is 25.7 Å². The van der Waals surface area contributed by atoms with E-state index < -0.39 is 10.0 Å². The number of fused-ring (bicyclic) bond motifs is 4. The second kappa shape index (κ2) is 12.4. The summed E-state index contributed by atoms with van der Waals surface area (Å²) in [5.74, 6) is 0.423. The van der Waals surface area contributed by atoms with E-state index in [1.165, 1.54) is 12.1 Å². The van der Waals surface area contributed by atoms with Gasteiger partial charge < -0.3 is 14.7 Å². The molecule has 0 spiro atoms. The fraction of sp³-hybridized carbons (Fsp3) is 0.469. The number of nitrogens with zero attached hydrogens (tertiary/aromatic N) is 3. The first kappa shape index (κ1) is 30.0. The van der Waals surface area contributed by atoms with Gasteiger partial charge >= 0.3 is 0 Å². The first-order valence-electron chi connectivity index (χ1n) is 14.7. The highest BCUT2D eigenvalue weighted by atomic mass is 32.2. The first-order chi connectivity index (χ1) is 20.1. The Morgan fingerprint density at radius 3 is 2.38 bits per heavy atom. The SMILES string of the molecule is Cc1cccc(C)c1-c1cc2nc(n1)NS(=O)(=O)c1cccc(c1)C(=O)N([C@H]1CC[C@H](CO)CC1)[C@H](CC(C)C)CO2. The van der Waals surface area contributed by atoms with Gasteiger partial charge in [-0.25, -0.2) is 18.1 Å². The third-order valence-electron chi connectivity index (χ3n) is 8.32. The van der Waals surface area contributed by atoms with E-state index in [-0.39, 0.29) is 59.8 Å². The standard InChI is InChI=1S/C32H40N4O5S/c1-20(2)15-26-19-41-29-17-28(30-21(3)7-5-8-22(30)4)33-32(34-29)35-42(39,40)27-10-6-9-24(16-27)31(38)36(26)25-13-11-23(18-37)12-14-25/h5-10,16-17,20,23,25-26,37H,11-15,18-19H2,1-4H3,(H,33,34,35)/t23-,25-,26-/m1/s1. The van der Waals surface area contributed by atoms with Gasteiger partial charge in [0.2, 0.25) is 11.8 Å². The molecule has 1 saturated carbocycles. The Labute approximate surface area is 248 Å². The van der Waals surface area contributed by atoms with Crippen molar-refractivity contribution in [1.82, 2.24) is 14.9 Å². The number of hydrogen-bond donors (Lipinski definition) is 2. The van der Waals surface area contributed by atoms with Crippen LogP contribution in [0.1, 0.15) is 67.4 Å². The van der Waals surface area contributed by atoms with Crippen molar-refractivity contribution >= 4 is 21.9 Å². The van der Waals surface area contributed by atoms with Crippen molar-refractivity contribution in [2.24, 2.45) is 11.8 Å². The van der Waals surface area contributed by atoms with Crippen molar-refractivity contribution in [3.05, 3.63) is 65.2 Å². The summed E-state index contributed by atoms with van der Waals surface area (Å²) >= 11 is 0. The average Bonchev–Trinajstić information content (AvgIpc) is 2.95. The average molecular weight is 593 g/mol. The van der Waals surface area contributed by atoms with E-state index in [2.05, 4.69) is 28.5 Å². The normalized spacial score (nSPS) is 22.4. The van der Waals surface area contributed by atoms with Crippen LogP contribution < -0.4 is 9.46 Å². The van der Waals surface area contributed by atoms with Crippen LogP contribution in [0.5, 0.6) is 5.88 Å². The topological polar surface area (TPSA) is 122 Å². The van der Waals surface area contributed by atoms with Gasteiger partial charge in [0.25, 0.3) is 15.9 Å². The smallest absolute Gasteiger partial charge is 0.264 e. The summed E-state index contributed by atoms with van der Waals surface area (Å²) in [6.07, 6.45) is 3.88. The Kier molecular flexibility index (Phi) is 8.84. The van der Waals surface area contributed by atoms with Crippen LogP contribution in [0.3, 0.4) is 0 Å². The number of carbonyl (C=O) groups is 1. The number of rotatable bonds is 5. The number of carbonyl (C=O) groups excluding carboxylic acids is 1. The number of nitrogens with one attached hydrogen (secondary N) is 1. The molecule has 42 heavy (non-hydrogen) atoms. The second-order valence-electron chi connectivity index (χ2n) is 12.0. The number of hydrogen-bond acceptors (Lipinski definition) is 7. The molecule has 3 aromatic rings. The van der Waals surface area contributed by atoms with E-state index in [1.54, 1.807) is 18.2 Å². The van der Waals surface area contributed by atoms with Crippen molar-refractivity contribution < 1.29 is 23.1 Å². The molecule has 224 valence electrons. The highest BCUT2D eigenvalue weighted by molar-refractivity contribution is 7.92. The van der Waals surface area contributed by atoms with Gasteiger partial charge in [-0.05, 0) is 87.1 Å². The van der Waals surface area contributed by atoms with Gasteiger partial charge in [-0.3, -0.25) is 4.79 Å². The number of benzene rings is 2. The molecule has 1 amide bonds. The third-order valence-corrected chi connectivity index (χ3v) is 9.65. The summed E-state index contributed by atoms with van der Waals surface area (Å²) in [7, 11) is -4.12. The molecule has 0 saturated heterocycles. The number of aliphatic hydroxyl groups excluding tert-OH is 1. The van der Waals surface area contributed by atoms with Crippen LogP contribution in [-0.4, -0.2) is 59.6 Å². The summed E-state index contributed by atoms with van der Waals surface area (Å²) < 4.78 is 35.9. The highest BCUT2D eigenvalue weighted by Crippen LogP contribution is 2.33. The van der Waals surface area contributed by atoms with Gasteiger partial charge in [0, 0.05) is 29.8 Å². The van der Waals surface area contributed by atoms with Crippen LogP contribution in [0.2, 0.25) is 0 Å². The van der Waals surface area contributed by atoms with E-state index in [1.807, 2.05) is 36.9 Å². The monoisotopic (exact) mass is 592 g/mol. The van der Waals surface area contributed by atoms with Crippen LogP contribution in [0.25, 0.3) is 11.3 Å². The molecule has 5 rings (SSSR count). The summed E-state index contributed by atoms with van der Waals surface area (Å²) in [5, 5.41) is 9.72. The molecule has 1 aliphatic heterocycles. The molecule has 4 bridgehead atoms. The molecule has 1 aliphatic carbocycles. The lowest BCUT2D eigenvalue weighted by Crippen LogP contribution is -2.51. The number of ether oxygens (including phenoxy) is 1. The molecule has 2 N–H and O–H groups in total. The van der Waals surface area contributed by atoms with Gasteiger partial charge in [-0.15, -0.1) is 0 Å². The Balaban J connectivity index is 1.64. The van der Waals surface area contributed by atoms with Gasteiger partial charge in [0.05, 0.1) is 16.6 Å². The van der Waals surface area contributed by atoms with Crippen LogP contribution in [-0.2, 0) is 10.0 Å². The van der Waals surface area contributed by atoms with Crippen LogP contribution in [0.4, 0.5) is 5.95 Å². The lowest BCUT2D eigenvalue weighted by molar-refractivity contribution is 0.0314. The number of aliphatic hydroxyl groups is 1. The Morgan fingerprint density at radius 1 is 1.02 bits per heavy atom. The maximum absolute atomic E-state index is 14.2. The van der Waals surface area contributed by atoms with Crippen LogP contribution in [0.15, 0.2) is 53.4 Å². The van der Waals surface area contributed by atoms with Crippen molar-refractivity contribution in [3.63, 3.8) is 0 Å². The van der Waals surface area contributed by atoms with E-state index in [4.69, 9.17) is 4.74 Å². The molecule has 2 aromatic carbocycles. The molecule has 1 aromatic heterocycles. The van der Waals surface area contributed by atoms with Gasteiger partial charge in [-0.2, -0.15) is 4.98 Å². The largest absolute Gasteiger partial charge is 0.475 e. The Bertz CT molecular complexity index is 1530. The molecule has 0 radical (unpaired) electrons. The highest BCUT2D eigenvalue weighted by Gasteiger charge is 2.36. The minimum absolute atomic E-state index is 0.0412. The number of aryl methyl sites for hydroxylation is 2. The van der Waals surface area contributed by atoms with E-state index in [0.717, 1.165) is 42.4 Å². The van der Waals surface area contributed by atoms with Crippen molar-refractivity contribution in [3.8, 4) is 17.1 Å². The van der Waals surface area contributed by atoms with Crippen LogP contribution >= 0.6 is 0 Å². The minimum atomic E-state index is -4.12. The molecule has 9 nitrogen and oxygen atoms in total. The molecular formula is C32H40N4O5S. The van der Waals surface area contributed by atoms with E-state index >= 15 is 0 Å². The van der Waals surface area contributed by atoms with E-state index in [0.29, 0.717) is 17.7 Å². The molecule has 1 fully saturated rings. The molecule has 2 heterocycles. The predicted molar refractivity (Wildman–Crippen MR) is 162 cm³/mol. The molecular weight excluding hydrogens is 552 g/mol. The molecule has 1 atom stereocenters. The second-order valence-corrected chi connectivity index (χ2v) is 13.7. The molecule has 10 heteroatoms. The minimum Gasteiger partial charge on any atom is -0.475 e. The Morgan fingerprint density at radius 2 is 1.71 bits per heavy atom. The summed E-state index contributed by atoms with van der Waals surface area (Å²) in [5.41, 5.74) is 3.72. The fourth-order valence-corrected chi connectivity index (χ4v) is 7.23. The number of anilines is 1. The zero-order valence-corrected chi connectivity index (χ0v) is 25.5.